The van der Waals surface area contributed by atoms with Gasteiger partial charge in [0.2, 0.25) is 0 Å². The van der Waals surface area contributed by atoms with Crippen LogP contribution < -0.4 is 5.32 Å². The molecular weight excluding hydrogens is 321 g/mol. The first-order valence-electron chi connectivity index (χ1n) is 5.08. The van der Waals surface area contributed by atoms with Crippen LogP contribution in [-0.4, -0.2) is 0 Å². The van der Waals surface area contributed by atoms with Crippen LogP contribution in [0.3, 0.4) is 0 Å². The van der Waals surface area contributed by atoms with Crippen molar-refractivity contribution < 1.29 is 0 Å². The smallest absolute Gasteiger partial charge is 0.0612 e. The molecule has 0 saturated heterocycles. The van der Waals surface area contributed by atoms with Crippen LogP contribution in [0, 0.1) is 0 Å². The van der Waals surface area contributed by atoms with Crippen molar-refractivity contribution >= 4 is 44.8 Å². The minimum absolute atomic E-state index is 0.562. The Bertz CT molecular complexity index is 511. The summed E-state index contributed by atoms with van der Waals surface area (Å²) in [5.41, 5.74) is 2.17. The van der Waals surface area contributed by atoms with Gasteiger partial charge >= 0.3 is 0 Å². The van der Waals surface area contributed by atoms with Crippen molar-refractivity contribution in [2.75, 3.05) is 5.32 Å². The molecule has 0 spiro atoms. The number of hydrogen-bond donors (Lipinski definition) is 1. The summed E-state index contributed by atoms with van der Waals surface area (Å²) in [7, 11) is 0. The van der Waals surface area contributed by atoms with E-state index in [1.54, 1.807) is 6.07 Å². The number of hydrogen-bond acceptors (Lipinski definition) is 1. The third-order valence-corrected chi connectivity index (χ3v) is 3.60. The van der Waals surface area contributed by atoms with Crippen molar-refractivity contribution in [2.24, 2.45) is 0 Å². The second-order valence-corrected chi connectivity index (χ2v) is 5.34. The molecule has 17 heavy (non-hydrogen) atoms. The predicted molar refractivity (Wildman–Crippen MR) is 77.9 cm³/mol. The molecule has 1 N–H and O–H groups in total. The van der Waals surface area contributed by atoms with Gasteiger partial charge in [-0.3, -0.25) is 0 Å². The van der Waals surface area contributed by atoms with Crippen LogP contribution >= 0.6 is 39.1 Å². The number of halogens is 3. The van der Waals surface area contributed by atoms with E-state index in [1.165, 1.54) is 5.56 Å². The van der Waals surface area contributed by atoms with Gasteiger partial charge in [-0.1, -0.05) is 51.3 Å². The summed E-state index contributed by atoms with van der Waals surface area (Å²) in [4.78, 5) is 0. The van der Waals surface area contributed by atoms with Gasteiger partial charge in [-0.25, -0.2) is 0 Å². The van der Waals surface area contributed by atoms with Gasteiger partial charge in [-0.2, -0.15) is 0 Å². The number of nitrogens with one attached hydrogen (secondary N) is 1. The lowest BCUT2D eigenvalue weighted by Gasteiger charge is -2.07. The van der Waals surface area contributed by atoms with Crippen LogP contribution in [-0.2, 0) is 6.54 Å². The molecule has 88 valence electrons. The van der Waals surface area contributed by atoms with E-state index in [0.29, 0.717) is 10.0 Å². The van der Waals surface area contributed by atoms with Crippen molar-refractivity contribution in [2.45, 2.75) is 6.54 Å². The average Bonchev–Trinajstić information content (AvgIpc) is 2.33. The Morgan fingerprint density at radius 1 is 0.941 bits per heavy atom. The number of anilines is 1. The Hall–Kier alpha value is -0.700. The van der Waals surface area contributed by atoms with Gasteiger partial charge in [0.15, 0.2) is 0 Å². The van der Waals surface area contributed by atoms with Crippen LogP contribution in [0.5, 0.6) is 0 Å². The summed E-state index contributed by atoms with van der Waals surface area (Å²) in [6.07, 6.45) is 0. The van der Waals surface area contributed by atoms with E-state index in [0.717, 1.165) is 16.7 Å². The van der Waals surface area contributed by atoms with Crippen LogP contribution in [0.4, 0.5) is 5.69 Å². The molecule has 0 saturated carbocycles. The molecule has 0 heterocycles. The normalized spacial score (nSPS) is 10.3. The van der Waals surface area contributed by atoms with Crippen molar-refractivity contribution in [1.29, 1.82) is 0 Å². The minimum atomic E-state index is 0.562. The molecule has 2 rings (SSSR count). The topological polar surface area (TPSA) is 12.0 Å². The van der Waals surface area contributed by atoms with Gasteiger partial charge in [-0.15, -0.1) is 0 Å². The molecule has 4 heteroatoms. The Labute approximate surface area is 119 Å². The van der Waals surface area contributed by atoms with Crippen molar-refractivity contribution in [1.82, 2.24) is 0 Å². The number of rotatable bonds is 3. The first kappa shape index (κ1) is 12.7. The van der Waals surface area contributed by atoms with Crippen LogP contribution in [0.1, 0.15) is 5.56 Å². The Balaban J connectivity index is 2.02. The Kier molecular flexibility index (Phi) is 4.32. The average molecular weight is 331 g/mol. The second-order valence-electron chi connectivity index (χ2n) is 3.61. The standard InChI is InChI=1S/C13H10BrCl2N/c14-10-3-1-9(2-4-10)8-17-11-5-6-12(15)13(16)7-11/h1-7,17H,8H2. The van der Waals surface area contributed by atoms with Crippen molar-refractivity contribution in [3.8, 4) is 0 Å². The maximum absolute atomic E-state index is 5.94. The third kappa shape index (κ3) is 3.63. The van der Waals surface area contributed by atoms with E-state index in [9.17, 15) is 0 Å². The molecule has 0 radical (unpaired) electrons. The maximum atomic E-state index is 5.94. The quantitative estimate of drug-likeness (QED) is 0.797. The van der Waals surface area contributed by atoms with Gasteiger partial charge < -0.3 is 5.32 Å². The van der Waals surface area contributed by atoms with E-state index in [4.69, 9.17) is 23.2 Å². The molecule has 0 amide bonds. The second kappa shape index (κ2) is 5.76. The molecule has 0 unspecified atom stereocenters. The van der Waals surface area contributed by atoms with E-state index in [2.05, 4.69) is 33.4 Å². The van der Waals surface area contributed by atoms with Gasteiger partial charge in [0, 0.05) is 16.7 Å². The first-order chi connectivity index (χ1) is 8.15. The molecule has 2 aromatic rings. The molecule has 0 aliphatic heterocycles. The molecule has 1 nitrogen and oxygen atoms in total. The zero-order valence-corrected chi connectivity index (χ0v) is 12.0. The van der Waals surface area contributed by atoms with Crippen LogP contribution in [0.2, 0.25) is 10.0 Å². The van der Waals surface area contributed by atoms with E-state index in [1.807, 2.05) is 24.3 Å². The van der Waals surface area contributed by atoms with Gasteiger partial charge in [-0.05, 0) is 35.9 Å². The lowest BCUT2D eigenvalue weighted by molar-refractivity contribution is 1.15. The van der Waals surface area contributed by atoms with E-state index >= 15 is 0 Å². The highest BCUT2D eigenvalue weighted by Crippen LogP contribution is 2.25. The van der Waals surface area contributed by atoms with Gasteiger partial charge in [0.05, 0.1) is 10.0 Å². The van der Waals surface area contributed by atoms with Gasteiger partial charge in [0.25, 0.3) is 0 Å². The summed E-state index contributed by atoms with van der Waals surface area (Å²) >= 11 is 15.2. The van der Waals surface area contributed by atoms with Gasteiger partial charge in [0.1, 0.15) is 0 Å². The fraction of sp³-hybridized carbons (Fsp3) is 0.0769. The molecule has 0 aromatic heterocycles. The lowest BCUT2D eigenvalue weighted by atomic mass is 10.2. The molecule has 0 fully saturated rings. The van der Waals surface area contributed by atoms with Crippen LogP contribution in [0.25, 0.3) is 0 Å². The molecule has 2 aromatic carbocycles. The van der Waals surface area contributed by atoms with Crippen molar-refractivity contribution in [3.05, 3.63) is 62.5 Å². The third-order valence-electron chi connectivity index (χ3n) is 2.33. The number of benzene rings is 2. The molecule has 0 bridgehead atoms. The predicted octanol–water partition coefficient (Wildman–Crippen LogP) is 5.37. The zero-order valence-electron chi connectivity index (χ0n) is 8.88. The monoisotopic (exact) mass is 329 g/mol. The lowest BCUT2D eigenvalue weighted by Crippen LogP contribution is -1.98. The molecule has 0 atom stereocenters. The van der Waals surface area contributed by atoms with E-state index < -0.39 is 0 Å². The fourth-order valence-corrected chi connectivity index (χ4v) is 1.97. The maximum Gasteiger partial charge on any atom is 0.0612 e. The molecular formula is C13H10BrCl2N. The fourth-order valence-electron chi connectivity index (χ4n) is 1.41. The SMILES string of the molecule is Clc1ccc(NCc2ccc(Br)cc2)cc1Cl. The highest BCUT2D eigenvalue weighted by atomic mass is 79.9. The minimum Gasteiger partial charge on any atom is -0.381 e. The summed E-state index contributed by atoms with van der Waals surface area (Å²) in [6.45, 7) is 0.755. The zero-order chi connectivity index (χ0) is 12.3. The largest absolute Gasteiger partial charge is 0.381 e. The summed E-state index contributed by atoms with van der Waals surface area (Å²) in [5.74, 6) is 0. The highest BCUT2D eigenvalue weighted by molar-refractivity contribution is 9.10. The molecule has 0 aliphatic carbocycles. The van der Waals surface area contributed by atoms with E-state index in [-0.39, 0.29) is 0 Å². The molecule has 0 aliphatic rings. The highest BCUT2D eigenvalue weighted by Gasteiger charge is 1.99. The summed E-state index contributed by atoms with van der Waals surface area (Å²) < 4.78 is 1.08. The van der Waals surface area contributed by atoms with Crippen LogP contribution in [0.15, 0.2) is 46.9 Å². The van der Waals surface area contributed by atoms with Crippen molar-refractivity contribution in [3.63, 3.8) is 0 Å². The first-order valence-corrected chi connectivity index (χ1v) is 6.63. The summed E-state index contributed by atoms with van der Waals surface area (Å²) in [5, 5.41) is 4.42. The Morgan fingerprint density at radius 2 is 1.65 bits per heavy atom. The summed E-state index contributed by atoms with van der Waals surface area (Å²) in [6, 6.07) is 13.7. The Morgan fingerprint density at radius 3 is 2.29 bits per heavy atom.